The van der Waals surface area contributed by atoms with Gasteiger partial charge in [-0.3, -0.25) is 14.7 Å². The lowest BCUT2D eigenvalue weighted by Crippen LogP contribution is -2.25. The lowest BCUT2D eigenvalue weighted by molar-refractivity contribution is 0.0944. The fourth-order valence-electron chi connectivity index (χ4n) is 3.80. The number of amides is 1. The van der Waals surface area contributed by atoms with Crippen molar-refractivity contribution in [2.75, 3.05) is 7.11 Å². The van der Waals surface area contributed by atoms with Gasteiger partial charge in [-0.15, -0.1) is 0 Å². The second-order valence-corrected chi connectivity index (χ2v) is 8.09. The smallest absolute Gasteiger partial charge is 0.272 e. The average Bonchev–Trinajstić information content (AvgIpc) is 3.25. The molecular weight excluding hydrogens is 451 g/mol. The molecule has 0 saturated heterocycles. The van der Waals surface area contributed by atoms with Crippen LogP contribution in [-0.4, -0.2) is 33.3 Å². The first-order chi connectivity index (χ1) is 17.0. The zero-order chi connectivity index (χ0) is 24.8. The maximum absolute atomic E-state index is 14.1. The maximum Gasteiger partial charge on any atom is 0.272 e. The molecule has 0 aliphatic carbocycles. The minimum Gasteiger partial charge on any atom is -0.505 e. The number of hydrogen-bond donors (Lipinski definition) is 4. The summed E-state index contributed by atoms with van der Waals surface area (Å²) in [5.74, 6) is -1.71. The molecule has 4 N–H and O–H groups in total. The summed E-state index contributed by atoms with van der Waals surface area (Å²) in [4.78, 5) is 27.5. The van der Waals surface area contributed by atoms with E-state index < -0.39 is 17.5 Å². The molecule has 0 radical (unpaired) electrons. The Morgan fingerprint density at radius 3 is 2.49 bits per heavy atom. The molecule has 0 aliphatic heterocycles. The number of phenolic OH excluding ortho intramolecular Hbond substituents is 1. The van der Waals surface area contributed by atoms with Gasteiger partial charge in [-0.25, -0.2) is 4.39 Å². The molecule has 0 atom stereocenters. The minimum absolute atomic E-state index is 0.0989. The van der Waals surface area contributed by atoms with Crippen LogP contribution < -0.4 is 10.9 Å². The summed E-state index contributed by atoms with van der Waals surface area (Å²) in [6.45, 7) is 0.143. The quantitative estimate of drug-likeness (QED) is 0.296. The minimum atomic E-state index is -0.771. The molecule has 35 heavy (non-hydrogen) atoms. The van der Waals surface area contributed by atoms with Gasteiger partial charge in [-0.1, -0.05) is 42.5 Å². The summed E-state index contributed by atoms with van der Waals surface area (Å²) >= 11 is 0. The molecule has 9 heteroatoms. The van der Waals surface area contributed by atoms with Crippen LogP contribution in [0.15, 0.2) is 65.6 Å². The summed E-state index contributed by atoms with van der Waals surface area (Å²) in [6, 6.07) is 15.6. The molecule has 8 nitrogen and oxygen atoms in total. The van der Waals surface area contributed by atoms with Crippen molar-refractivity contribution in [3.8, 4) is 5.75 Å². The zero-order valence-electron chi connectivity index (χ0n) is 19.1. The third-order valence-corrected chi connectivity index (χ3v) is 5.65. The SMILES string of the molecule is COCc1[nH]nc(C(=O)NCc2cccc(O)c2F)c1Cc1ccc(Cc2ccc[nH]c2=O)cc1. The number of H-pyrrole nitrogens is 2. The number of ether oxygens (including phenoxy) is 1. The van der Waals surface area contributed by atoms with Gasteiger partial charge in [-0.05, 0) is 23.3 Å². The number of aromatic hydroxyl groups is 1. The monoisotopic (exact) mass is 476 g/mol. The molecule has 1 amide bonds. The van der Waals surface area contributed by atoms with Crippen molar-refractivity contribution < 1.29 is 19.0 Å². The van der Waals surface area contributed by atoms with E-state index in [9.17, 15) is 19.1 Å². The molecule has 0 spiro atoms. The second kappa shape index (κ2) is 10.8. The van der Waals surface area contributed by atoms with Crippen molar-refractivity contribution in [2.24, 2.45) is 0 Å². The molecule has 4 rings (SSSR count). The molecule has 180 valence electrons. The topological polar surface area (TPSA) is 120 Å². The number of pyridine rings is 1. The van der Waals surface area contributed by atoms with Crippen molar-refractivity contribution in [2.45, 2.75) is 26.0 Å². The van der Waals surface area contributed by atoms with Crippen LogP contribution in [0.5, 0.6) is 5.75 Å². The summed E-state index contributed by atoms with van der Waals surface area (Å²) in [6.07, 6.45) is 2.53. The van der Waals surface area contributed by atoms with Gasteiger partial charge in [0.2, 0.25) is 0 Å². The van der Waals surface area contributed by atoms with E-state index in [0.717, 1.165) is 11.1 Å². The highest BCUT2D eigenvalue weighted by atomic mass is 19.1. The number of rotatable bonds is 9. The van der Waals surface area contributed by atoms with E-state index in [1.165, 1.54) is 18.2 Å². The van der Waals surface area contributed by atoms with Crippen LogP contribution in [0.2, 0.25) is 0 Å². The molecule has 2 aromatic heterocycles. The number of methoxy groups -OCH3 is 1. The molecule has 0 bridgehead atoms. The van der Waals surface area contributed by atoms with E-state index in [2.05, 4.69) is 20.5 Å². The molecule has 4 aromatic rings. The Morgan fingerprint density at radius 2 is 1.77 bits per heavy atom. The first kappa shape index (κ1) is 23.9. The summed E-state index contributed by atoms with van der Waals surface area (Å²) in [5.41, 5.74) is 4.20. The van der Waals surface area contributed by atoms with Crippen LogP contribution in [0.4, 0.5) is 4.39 Å². The largest absolute Gasteiger partial charge is 0.505 e. The standard InChI is InChI=1S/C26H25FN4O4/c1-35-15-21-20(13-17-9-7-16(8-10-17)12-18-5-3-11-28-25(18)33)24(31-30-21)26(34)29-14-19-4-2-6-22(32)23(19)27/h2-11,32H,12-15H2,1H3,(H,28,33)(H,29,34)(H,30,31). The van der Waals surface area contributed by atoms with Gasteiger partial charge in [0, 0.05) is 49.4 Å². The molecular formula is C26H25FN4O4. The van der Waals surface area contributed by atoms with Crippen LogP contribution in [0, 0.1) is 5.82 Å². The Morgan fingerprint density at radius 1 is 1.06 bits per heavy atom. The second-order valence-electron chi connectivity index (χ2n) is 8.09. The maximum atomic E-state index is 14.1. The van der Waals surface area contributed by atoms with Gasteiger partial charge in [-0.2, -0.15) is 5.10 Å². The van der Waals surface area contributed by atoms with Gasteiger partial charge in [0.25, 0.3) is 11.5 Å². The van der Waals surface area contributed by atoms with E-state index in [0.29, 0.717) is 29.7 Å². The Labute approximate surface area is 200 Å². The van der Waals surface area contributed by atoms with Gasteiger partial charge in [0.1, 0.15) is 0 Å². The van der Waals surface area contributed by atoms with Crippen molar-refractivity contribution >= 4 is 5.91 Å². The number of carbonyl (C=O) groups is 1. The molecule has 2 aromatic carbocycles. The molecule has 0 unspecified atom stereocenters. The fourth-order valence-corrected chi connectivity index (χ4v) is 3.80. The Bertz CT molecular complexity index is 1380. The number of hydrogen-bond acceptors (Lipinski definition) is 5. The van der Waals surface area contributed by atoms with Gasteiger partial charge in [0.15, 0.2) is 17.3 Å². The summed E-state index contributed by atoms with van der Waals surface area (Å²) in [7, 11) is 1.55. The van der Waals surface area contributed by atoms with Crippen LogP contribution in [-0.2, 0) is 30.7 Å². The van der Waals surface area contributed by atoms with E-state index in [4.69, 9.17) is 4.74 Å². The Hall–Kier alpha value is -4.24. The van der Waals surface area contributed by atoms with Crippen molar-refractivity contribution in [3.05, 3.63) is 116 Å². The van der Waals surface area contributed by atoms with Gasteiger partial charge >= 0.3 is 0 Å². The van der Waals surface area contributed by atoms with Crippen molar-refractivity contribution in [1.29, 1.82) is 0 Å². The van der Waals surface area contributed by atoms with E-state index in [1.807, 2.05) is 24.3 Å². The molecule has 0 aliphatic rings. The number of halogens is 1. The van der Waals surface area contributed by atoms with Gasteiger partial charge < -0.3 is 20.1 Å². The summed E-state index contributed by atoms with van der Waals surface area (Å²) < 4.78 is 19.3. The van der Waals surface area contributed by atoms with Crippen molar-refractivity contribution in [1.82, 2.24) is 20.5 Å². The lowest BCUT2D eigenvalue weighted by Gasteiger charge is -2.09. The molecule has 0 fully saturated rings. The molecule has 2 heterocycles. The highest BCUT2D eigenvalue weighted by molar-refractivity contribution is 5.94. The summed E-state index contributed by atoms with van der Waals surface area (Å²) in [5, 5.41) is 19.2. The average molecular weight is 477 g/mol. The van der Waals surface area contributed by atoms with Crippen LogP contribution in [0.25, 0.3) is 0 Å². The number of aromatic amines is 2. The predicted molar refractivity (Wildman–Crippen MR) is 128 cm³/mol. The number of aromatic nitrogens is 3. The number of benzene rings is 2. The highest BCUT2D eigenvalue weighted by Gasteiger charge is 2.20. The Kier molecular flexibility index (Phi) is 7.37. The highest BCUT2D eigenvalue weighted by Crippen LogP contribution is 2.21. The van der Waals surface area contributed by atoms with E-state index in [1.54, 1.807) is 25.4 Å². The van der Waals surface area contributed by atoms with Crippen LogP contribution in [0.3, 0.4) is 0 Å². The number of nitrogens with zero attached hydrogens (tertiary/aromatic N) is 1. The van der Waals surface area contributed by atoms with E-state index >= 15 is 0 Å². The fraction of sp³-hybridized carbons (Fsp3) is 0.192. The molecule has 0 saturated carbocycles. The van der Waals surface area contributed by atoms with Crippen molar-refractivity contribution in [3.63, 3.8) is 0 Å². The number of carbonyl (C=O) groups excluding carboxylic acids is 1. The zero-order valence-corrected chi connectivity index (χ0v) is 19.1. The first-order valence-corrected chi connectivity index (χ1v) is 11.0. The predicted octanol–water partition coefficient (Wildman–Crippen LogP) is 3.20. The van der Waals surface area contributed by atoms with Crippen LogP contribution in [0.1, 0.15) is 44.0 Å². The van der Waals surface area contributed by atoms with Gasteiger partial charge in [0.05, 0.1) is 12.3 Å². The van der Waals surface area contributed by atoms with Crippen LogP contribution >= 0.6 is 0 Å². The third kappa shape index (κ3) is 5.64. The lowest BCUT2D eigenvalue weighted by atomic mass is 9.99. The number of phenols is 1. The number of nitrogens with one attached hydrogen (secondary N) is 3. The first-order valence-electron chi connectivity index (χ1n) is 11.0. The third-order valence-electron chi connectivity index (χ3n) is 5.65. The van der Waals surface area contributed by atoms with E-state index in [-0.39, 0.29) is 30.0 Å². The normalized spacial score (nSPS) is 10.9. The Balaban J connectivity index is 1.50.